The first-order chi connectivity index (χ1) is 21.1. The number of nitrogens with zero attached hydrogens (tertiary/aromatic N) is 5. The molecule has 4 heterocycles. The van der Waals surface area contributed by atoms with Crippen LogP contribution >= 0.6 is 0 Å². The lowest BCUT2D eigenvalue weighted by Crippen LogP contribution is -2.36. The van der Waals surface area contributed by atoms with Crippen molar-refractivity contribution in [1.29, 1.82) is 5.26 Å². The number of fused-ring (bicyclic) bond motifs is 1. The zero-order valence-corrected chi connectivity index (χ0v) is 23.6. The summed E-state index contributed by atoms with van der Waals surface area (Å²) in [5.41, 5.74) is 3.93. The highest BCUT2D eigenvalue weighted by atomic mass is 16.5. The third kappa shape index (κ3) is 6.56. The van der Waals surface area contributed by atoms with Crippen LogP contribution in [0.2, 0.25) is 0 Å². The van der Waals surface area contributed by atoms with E-state index >= 15 is 0 Å². The maximum absolute atomic E-state index is 13.2. The molecule has 3 N–H and O–H groups in total. The Morgan fingerprint density at radius 3 is 2.74 bits per heavy atom. The van der Waals surface area contributed by atoms with Crippen LogP contribution < -0.4 is 10.6 Å². The Morgan fingerprint density at radius 2 is 1.93 bits per heavy atom. The van der Waals surface area contributed by atoms with Gasteiger partial charge in [0.2, 0.25) is 11.9 Å². The summed E-state index contributed by atoms with van der Waals surface area (Å²) in [4.78, 5) is 41.8. The number of hydrogen-bond acceptors (Lipinski definition) is 8. The fourth-order valence-corrected chi connectivity index (χ4v) is 5.41. The lowest BCUT2D eigenvalue weighted by atomic mass is 10.1. The molecule has 2 aliphatic rings. The molecular weight excluding hydrogens is 544 g/mol. The molecule has 2 aliphatic heterocycles. The Labute approximate surface area is 249 Å². The molecule has 11 nitrogen and oxygen atoms in total. The number of aromatic amines is 1. The molecular formula is C32H32N8O3. The van der Waals surface area contributed by atoms with Crippen molar-refractivity contribution in [2.45, 2.75) is 12.5 Å². The van der Waals surface area contributed by atoms with Gasteiger partial charge in [0.1, 0.15) is 6.07 Å². The smallest absolute Gasteiger partial charge is 0.253 e. The van der Waals surface area contributed by atoms with Crippen molar-refractivity contribution < 1.29 is 14.3 Å². The van der Waals surface area contributed by atoms with Gasteiger partial charge in [-0.15, -0.1) is 0 Å². The summed E-state index contributed by atoms with van der Waals surface area (Å²) in [5.74, 6) is 0.129. The second-order valence-corrected chi connectivity index (χ2v) is 10.6. The molecule has 2 fully saturated rings. The van der Waals surface area contributed by atoms with Crippen LogP contribution in [0.4, 0.5) is 11.6 Å². The number of morpholine rings is 1. The molecule has 2 aromatic heterocycles. The van der Waals surface area contributed by atoms with E-state index in [1.54, 1.807) is 29.2 Å². The third-order valence-corrected chi connectivity index (χ3v) is 7.70. The topological polar surface area (TPSA) is 139 Å². The summed E-state index contributed by atoms with van der Waals surface area (Å²) >= 11 is 0. The number of rotatable bonds is 8. The number of H-pyrrole nitrogens is 1. The molecule has 0 saturated carbocycles. The number of aromatic nitrogens is 3. The Bertz CT molecular complexity index is 1690. The fourth-order valence-electron chi connectivity index (χ4n) is 5.41. The van der Waals surface area contributed by atoms with Crippen molar-refractivity contribution in [2.75, 3.05) is 56.6 Å². The summed E-state index contributed by atoms with van der Waals surface area (Å²) in [5, 5.41) is 16.8. The minimum atomic E-state index is -0.210. The predicted octanol–water partition coefficient (Wildman–Crippen LogP) is 3.65. The molecule has 0 spiro atoms. The second kappa shape index (κ2) is 12.9. The van der Waals surface area contributed by atoms with E-state index in [0.717, 1.165) is 49.2 Å². The van der Waals surface area contributed by atoms with E-state index in [0.29, 0.717) is 48.1 Å². The second-order valence-electron chi connectivity index (χ2n) is 10.6. The molecule has 0 radical (unpaired) electrons. The lowest BCUT2D eigenvalue weighted by Gasteiger charge is -2.25. The van der Waals surface area contributed by atoms with Crippen LogP contribution in [0.5, 0.6) is 0 Å². The first-order valence-electron chi connectivity index (χ1n) is 14.3. The normalized spacial score (nSPS) is 17.3. The van der Waals surface area contributed by atoms with Gasteiger partial charge in [0.15, 0.2) is 0 Å². The predicted molar refractivity (Wildman–Crippen MR) is 163 cm³/mol. The quantitative estimate of drug-likeness (QED) is 0.270. The number of likely N-dealkylation sites (tertiary alicyclic amines) is 1. The maximum Gasteiger partial charge on any atom is 0.253 e. The van der Waals surface area contributed by atoms with Gasteiger partial charge in [0.25, 0.3) is 5.91 Å². The molecule has 6 rings (SSSR count). The number of nitrogens with one attached hydrogen (secondary N) is 3. The van der Waals surface area contributed by atoms with Crippen molar-refractivity contribution in [1.82, 2.24) is 24.8 Å². The van der Waals surface area contributed by atoms with Crippen LogP contribution in [0.3, 0.4) is 0 Å². The first-order valence-corrected chi connectivity index (χ1v) is 14.3. The van der Waals surface area contributed by atoms with E-state index < -0.39 is 0 Å². The number of nitriles is 1. The number of ether oxygens (including phenoxy) is 1. The molecule has 11 heteroatoms. The van der Waals surface area contributed by atoms with Crippen molar-refractivity contribution in [3.8, 4) is 17.3 Å². The molecule has 218 valence electrons. The van der Waals surface area contributed by atoms with E-state index in [1.165, 1.54) is 12.3 Å². The minimum absolute atomic E-state index is 0.0319. The molecule has 0 bridgehead atoms. The number of anilines is 2. The molecule has 2 aromatic carbocycles. The van der Waals surface area contributed by atoms with Crippen molar-refractivity contribution in [3.05, 3.63) is 84.2 Å². The average molecular weight is 577 g/mol. The van der Waals surface area contributed by atoms with Crippen LogP contribution in [0.25, 0.3) is 22.2 Å². The van der Waals surface area contributed by atoms with Gasteiger partial charge in [-0.3, -0.25) is 14.5 Å². The fraction of sp³-hybridized carbons (Fsp3) is 0.281. The molecule has 43 heavy (non-hydrogen) atoms. The monoisotopic (exact) mass is 576 g/mol. The largest absolute Gasteiger partial charge is 0.379 e. The van der Waals surface area contributed by atoms with E-state index in [1.807, 2.05) is 36.5 Å². The highest BCUT2D eigenvalue weighted by Gasteiger charge is 2.28. The maximum atomic E-state index is 13.2. The van der Waals surface area contributed by atoms with Gasteiger partial charge in [-0.25, -0.2) is 9.97 Å². The number of para-hydroxylation sites is 1. The van der Waals surface area contributed by atoms with E-state index in [9.17, 15) is 14.9 Å². The van der Waals surface area contributed by atoms with Gasteiger partial charge < -0.3 is 25.3 Å². The summed E-state index contributed by atoms with van der Waals surface area (Å²) in [6.07, 6.45) is 7.51. The SMILES string of the molecule is N#Cc1cnc(N[C@@H]2CCN(C(=O)c3ccc(NC(=O)/C=C/CN4CCOCC4)cc3)C2)nc1-c1c[nH]c2ccccc12. The summed E-state index contributed by atoms with van der Waals surface area (Å²) in [6.45, 7) is 4.97. The van der Waals surface area contributed by atoms with Gasteiger partial charge in [-0.2, -0.15) is 5.26 Å². The Morgan fingerprint density at radius 1 is 1.12 bits per heavy atom. The molecule has 1 atom stereocenters. The summed E-state index contributed by atoms with van der Waals surface area (Å²) < 4.78 is 5.34. The number of amides is 2. The van der Waals surface area contributed by atoms with Crippen molar-refractivity contribution >= 4 is 34.4 Å². The molecule has 2 amide bonds. The van der Waals surface area contributed by atoms with E-state index in [4.69, 9.17) is 4.74 Å². The highest BCUT2D eigenvalue weighted by Crippen LogP contribution is 2.30. The standard InChI is InChI=1S/C32H32N8O3/c33-18-23-19-35-32(38-30(23)27-20-34-28-5-2-1-4-26(27)28)37-25-11-13-40(21-25)31(42)22-7-9-24(10-8-22)36-29(41)6-3-12-39-14-16-43-17-15-39/h1-10,19-20,25,34H,11-17,21H2,(H,36,41)(H,35,37,38)/b6-3+/t25-/m1/s1. The van der Waals surface area contributed by atoms with Gasteiger partial charge in [0, 0.05) is 78.8 Å². The Hall–Kier alpha value is -5.05. The van der Waals surface area contributed by atoms with Crippen LogP contribution in [-0.2, 0) is 9.53 Å². The van der Waals surface area contributed by atoms with Crippen molar-refractivity contribution in [3.63, 3.8) is 0 Å². The number of benzene rings is 2. The molecule has 4 aromatic rings. The third-order valence-electron chi connectivity index (χ3n) is 7.70. The van der Waals surface area contributed by atoms with E-state index in [-0.39, 0.29) is 17.9 Å². The molecule has 0 aliphatic carbocycles. The minimum Gasteiger partial charge on any atom is -0.379 e. The van der Waals surface area contributed by atoms with Gasteiger partial charge in [-0.05, 0) is 36.8 Å². The van der Waals surface area contributed by atoms with Crippen molar-refractivity contribution in [2.24, 2.45) is 0 Å². The molecule has 0 unspecified atom stereocenters. The Kier molecular flexibility index (Phi) is 8.40. The van der Waals surface area contributed by atoms with Crippen LogP contribution in [0.1, 0.15) is 22.3 Å². The number of hydrogen-bond donors (Lipinski definition) is 3. The molecule has 2 saturated heterocycles. The van der Waals surface area contributed by atoms with Gasteiger partial charge in [0.05, 0.1) is 30.7 Å². The Balaban J connectivity index is 1.04. The summed E-state index contributed by atoms with van der Waals surface area (Å²) in [6, 6.07) is 17.0. The van der Waals surface area contributed by atoms with Gasteiger partial charge >= 0.3 is 0 Å². The zero-order chi connectivity index (χ0) is 29.6. The average Bonchev–Trinajstić information content (AvgIpc) is 3.69. The van der Waals surface area contributed by atoms with Crippen LogP contribution in [0.15, 0.2) is 73.1 Å². The number of carbonyl (C=O) groups excluding carboxylic acids is 2. The number of carbonyl (C=O) groups is 2. The van der Waals surface area contributed by atoms with E-state index in [2.05, 4.69) is 36.6 Å². The van der Waals surface area contributed by atoms with Crippen LogP contribution in [0, 0.1) is 11.3 Å². The zero-order valence-electron chi connectivity index (χ0n) is 23.6. The highest BCUT2D eigenvalue weighted by molar-refractivity contribution is 6.00. The first kappa shape index (κ1) is 28.1. The lowest BCUT2D eigenvalue weighted by molar-refractivity contribution is -0.111. The summed E-state index contributed by atoms with van der Waals surface area (Å²) in [7, 11) is 0. The van der Waals surface area contributed by atoms with Crippen LogP contribution in [-0.4, -0.2) is 88.5 Å². The van der Waals surface area contributed by atoms with Gasteiger partial charge in [-0.1, -0.05) is 24.3 Å².